The normalized spacial score (nSPS) is 18.0. The third-order valence-electron chi connectivity index (χ3n) is 3.86. The molecule has 1 aliphatic heterocycles. The Kier molecular flexibility index (Phi) is 3.88. The smallest absolute Gasteiger partial charge is 0.253 e. The molecule has 6 nitrogen and oxygen atoms in total. The highest BCUT2D eigenvalue weighted by atomic mass is 16.5. The Labute approximate surface area is 128 Å². The van der Waals surface area contributed by atoms with Crippen molar-refractivity contribution in [3.8, 4) is 6.07 Å². The van der Waals surface area contributed by atoms with E-state index in [1.54, 1.807) is 31.2 Å². The summed E-state index contributed by atoms with van der Waals surface area (Å²) in [6.45, 7) is 3.10. The van der Waals surface area contributed by atoms with E-state index in [1.807, 2.05) is 4.90 Å². The number of carbonyl (C=O) groups excluding carboxylic acids is 1. The van der Waals surface area contributed by atoms with Crippen LogP contribution in [0.15, 0.2) is 28.8 Å². The van der Waals surface area contributed by atoms with Crippen molar-refractivity contribution in [2.45, 2.75) is 25.7 Å². The topological polar surface area (TPSA) is 83.0 Å². The maximum Gasteiger partial charge on any atom is 0.253 e. The van der Waals surface area contributed by atoms with E-state index in [-0.39, 0.29) is 11.8 Å². The van der Waals surface area contributed by atoms with Crippen LogP contribution in [0.25, 0.3) is 0 Å². The van der Waals surface area contributed by atoms with Gasteiger partial charge in [-0.15, -0.1) is 0 Å². The van der Waals surface area contributed by atoms with Crippen molar-refractivity contribution in [3.05, 3.63) is 47.1 Å². The number of carbonyl (C=O) groups is 1. The molecule has 0 bridgehead atoms. The molecule has 1 aromatic carbocycles. The van der Waals surface area contributed by atoms with Gasteiger partial charge in [0.2, 0.25) is 5.89 Å². The van der Waals surface area contributed by atoms with E-state index >= 15 is 0 Å². The number of benzene rings is 1. The zero-order valence-corrected chi connectivity index (χ0v) is 12.3. The molecule has 0 N–H and O–H groups in total. The van der Waals surface area contributed by atoms with Crippen LogP contribution >= 0.6 is 0 Å². The summed E-state index contributed by atoms with van der Waals surface area (Å²) in [5.41, 5.74) is 1.15. The SMILES string of the molecule is Cc1noc([C@H]2CCCN(C(=O)c3ccc(C#N)cc3)C2)n1. The molecule has 1 amide bonds. The molecule has 0 aliphatic carbocycles. The van der Waals surface area contributed by atoms with Gasteiger partial charge in [-0.1, -0.05) is 5.16 Å². The Morgan fingerprint density at radius 1 is 1.41 bits per heavy atom. The van der Waals surface area contributed by atoms with Crippen LogP contribution < -0.4 is 0 Å². The molecule has 1 saturated heterocycles. The Hall–Kier alpha value is -2.68. The first kappa shape index (κ1) is 14.3. The van der Waals surface area contributed by atoms with Gasteiger partial charge >= 0.3 is 0 Å². The van der Waals surface area contributed by atoms with Crippen molar-refractivity contribution in [1.82, 2.24) is 15.0 Å². The number of hydrogen-bond acceptors (Lipinski definition) is 5. The van der Waals surface area contributed by atoms with Crippen molar-refractivity contribution in [2.75, 3.05) is 13.1 Å². The number of nitrogens with zero attached hydrogens (tertiary/aromatic N) is 4. The third-order valence-corrected chi connectivity index (χ3v) is 3.86. The molecular weight excluding hydrogens is 280 g/mol. The van der Waals surface area contributed by atoms with Crippen LogP contribution in [0.4, 0.5) is 0 Å². The summed E-state index contributed by atoms with van der Waals surface area (Å²) in [5, 5.41) is 12.6. The lowest BCUT2D eigenvalue weighted by atomic mass is 9.97. The monoisotopic (exact) mass is 296 g/mol. The van der Waals surface area contributed by atoms with Crippen LogP contribution in [0.2, 0.25) is 0 Å². The summed E-state index contributed by atoms with van der Waals surface area (Å²) >= 11 is 0. The van der Waals surface area contributed by atoms with Crippen LogP contribution in [-0.2, 0) is 0 Å². The zero-order chi connectivity index (χ0) is 15.5. The van der Waals surface area contributed by atoms with Gasteiger partial charge in [0, 0.05) is 18.7 Å². The molecule has 3 rings (SSSR count). The van der Waals surface area contributed by atoms with Gasteiger partial charge in [0.25, 0.3) is 5.91 Å². The summed E-state index contributed by atoms with van der Waals surface area (Å²) in [7, 11) is 0. The average molecular weight is 296 g/mol. The maximum absolute atomic E-state index is 12.6. The van der Waals surface area contributed by atoms with E-state index in [1.165, 1.54) is 0 Å². The number of hydrogen-bond donors (Lipinski definition) is 0. The first-order chi connectivity index (χ1) is 10.7. The van der Waals surface area contributed by atoms with Crippen molar-refractivity contribution < 1.29 is 9.32 Å². The van der Waals surface area contributed by atoms with Gasteiger partial charge in [0.1, 0.15) is 0 Å². The average Bonchev–Trinajstić information content (AvgIpc) is 3.01. The minimum absolute atomic E-state index is 0.0228. The van der Waals surface area contributed by atoms with Crippen molar-refractivity contribution >= 4 is 5.91 Å². The minimum Gasteiger partial charge on any atom is -0.339 e. The number of rotatable bonds is 2. The zero-order valence-electron chi connectivity index (χ0n) is 12.3. The molecule has 22 heavy (non-hydrogen) atoms. The largest absolute Gasteiger partial charge is 0.339 e. The van der Waals surface area contributed by atoms with Gasteiger partial charge in [-0.2, -0.15) is 10.2 Å². The molecule has 112 valence electrons. The van der Waals surface area contributed by atoms with E-state index < -0.39 is 0 Å². The fraction of sp³-hybridized carbons (Fsp3) is 0.375. The molecule has 1 aromatic heterocycles. The lowest BCUT2D eigenvalue weighted by Crippen LogP contribution is -2.39. The lowest BCUT2D eigenvalue weighted by molar-refractivity contribution is 0.0695. The van der Waals surface area contributed by atoms with Crippen LogP contribution in [0.1, 0.15) is 46.4 Å². The molecule has 2 aromatic rings. The Morgan fingerprint density at radius 2 is 2.18 bits per heavy atom. The molecule has 1 fully saturated rings. The molecule has 0 unspecified atom stereocenters. The van der Waals surface area contributed by atoms with Crippen LogP contribution in [0.5, 0.6) is 0 Å². The molecule has 2 heterocycles. The first-order valence-corrected chi connectivity index (χ1v) is 7.27. The van der Waals surface area contributed by atoms with Crippen LogP contribution in [0, 0.1) is 18.3 Å². The molecule has 0 radical (unpaired) electrons. The van der Waals surface area contributed by atoms with E-state index in [2.05, 4.69) is 16.2 Å². The van der Waals surface area contributed by atoms with Gasteiger partial charge in [-0.25, -0.2) is 0 Å². The highest BCUT2D eigenvalue weighted by molar-refractivity contribution is 5.94. The predicted molar refractivity (Wildman–Crippen MR) is 78.1 cm³/mol. The second-order valence-corrected chi connectivity index (χ2v) is 5.46. The number of likely N-dealkylation sites (tertiary alicyclic amines) is 1. The van der Waals surface area contributed by atoms with Gasteiger partial charge in [0.15, 0.2) is 5.82 Å². The molecule has 1 atom stereocenters. The summed E-state index contributed by atoms with van der Waals surface area (Å²) in [5.74, 6) is 1.29. The molecular formula is C16H16N4O2. The lowest BCUT2D eigenvalue weighted by Gasteiger charge is -2.31. The van der Waals surface area contributed by atoms with Gasteiger partial charge in [-0.05, 0) is 44.0 Å². The molecule has 1 aliphatic rings. The maximum atomic E-state index is 12.6. The van der Waals surface area contributed by atoms with Crippen LogP contribution in [0.3, 0.4) is 0 Å². The number of nitriles is 1. The van der Waals surface area contributed by atoms with Crippen molar-refractivity contribution in [3.63, 3.8) is 0 Å². The second kappa shape index (κ2) is 5.98. The molecule has 0 saturated carbocycles. The van der Waals surface area contributed by atoms with Gasteiger partial charge in [-0.3, -0.25) is 4.79 Å². The molecule has 6 heteroatoms. The summed E-state index contributed by atoms with van der Waals surface area (Å²) in [6.07, 6.45) is 1.85. The number of aromatic nitrogens is 2. The number of amides is 1. The van der Waals surface area contributed by atoms with E-state index in [9.17, 15) is 4.79 Å². The summed E-state index contributed by atoms with van der Waals surface area (Å²) in [4.78, 5) is 18.6. The first-order valence-electron chi connectivity index (χ1n) is 7.27. The Balaban J connectivity index is 1.73. The quantitative estimate of drug-likeness (QED) is 0.849. The number of piperidine rings is 1. The van der Waals surface area contributed by atoms with Gasteiger partial charge < -0.3 is 9.42 Å². The van der Waals surface area contributed by atoms with E-state index in [0.717, 1.165) is 19.4 Å². The molecule has 0 spiro atoms. The van der Waals surface area contributed by atoms with Gasteiger partial charge in [0.05, 0.1) is 17.6 Å². The fourth-order valence-electron chi connectivity index (χ4n) is 2.71. The Morgan fingerprint density at radius 3 is 2.82 bits per heavy atom. The van der Waals surface area contributed by atoms with Crippen LogP contribution in [-0.4, -0.2) is 34.0 Å². The fourth-order valence-corrected chi connectivity index (χ4v) is 2.71. The summed E-state index contributed by atoms with van der Waals surface area (Å²) in [6, 6.07) is 8.77. The Bertz CT molecular complexity index is 714. The highest BCUT2D eigenvalue weighted by Crippen LogP contribution is 2.26. The van der Waals surface area contributed by atoms with E-state index in [4.69, 9.17) is 9.78 Å². The van der Waals surface area contributed by atoms with Crippen molar-refractivity contribution in [1.29, 1.82) is 5.26 Å². The predicted octanol–water partition coefficient (Wildman–Crippen LogP) is 2.27. The summed E-state index contributed by atoms with van der Waals surface area (Å²) < 4.78 is 5.23. The highest BCUT2D eigenvalue weighted by Gasteiger charge is 2.28. The standard InChI is InChI=1S/C16H16N4O2/c1-11-18-15(22-19-11)14-3-2-8-20(10-14)16(21)13-6-4-12(9-17)5-7-13/h4-7,14H,2-3,8,10H2,1H3/t14-/m0/s1. The van der Waals surface area contributed by atoms with E-state index in [0.29, 0.717) is 29.4 Å². The number of aryl methyl sites for hydroxylation is 1. The second-order valence-electron chi connectivity index (χ2n) is 5.46. The minimum atomic E-state index is -0.0228. The van der Waals surface area contributed by atoms with Crippen molar-refractivity contribution in [2.24, 2.45) is 0 Å². The third kappa shape index (κ3) is 2.84.